The topological polar surface area (TPSA) is 77.5 Å². The van der Waals surface area contributed by atoms with Gasteiger partial charge >= 0.3 is 5.97 Å². The van der Waals surface area contributed by atoms with Crippen molar-refractivity contribution in [3.05, 3.63) is 53.6 Å². The number of pyridine rings is 1. The minimum atomic E-state index is -1.04. The zero-order chi connectivity index (χ0) is 15.0. The first-order chi connectivity index (χ1) is 10.1. The molecule has 108 valence electrons. The molecular weight excluding hydrogens is 275 g/mol. The number of hydrogen-bond acceptors (Lipinski definition) is 5. The van der Waals surface area contributed by atoms with Crippen LogP contribution < -0.4 is 15.8 Å². The summed E-state index contributed by atoms with van der Waals surface area (Å²) in [7, 11) is 1.77. The molecule has 6 nitrogen and oxygen atoms in total. The normalized spacial score (nSPS) is 16.7. The number of fused-ring (bicyclic) bond motifs is 1. The molecule has 3 N–H and O–H groups in total. The quantitative estimate of drug-likeness (QED) is 0.801. The summed E-state index contributed by atoms with van der Waals surface area (Å²) in [6.07, 6.45) is 2.52. The average Bonchev–Trinajstić information content (AvgIpc) is 2.75. The minimum absolute atomic E-state index is 0.130. The van der Waals surface area contributed by atoms with Crippen LogP contribution in [0.15, 0.2) is 36.7 Å². The van der Waals surface area contributed by atoms with Crippen molar-refractivity contribution in [1.29, 1.82) is 0 Å². The van der Waals surface area contributed by atoms with Gasteiger partial charge in [-0.3, -0.25) is 4.98 Å². The molecule has 1 aliphatic heterocycles. The van der Waals surface area contributed by atoms with Crippen LogP contribution in [0.4, 0.5) is 15.8 Å². The summed E-state index contributed by atoms with van der Waals surface area (Å²) in [5, 5.41) is 13.9. The van der Waals surface area contributed by atoms with Crippen LogP contribution in [0, 0.1) is 5.82 Å². The first kappa shape index (κ1) is 13.3. The molecule has 0 bridgehead atoms. The number of nitrogens with zero attached hydrogens (tertiary/aromatic N) is 2. The molecule has 3 rings (SSSR count). The molecule has 2 aromatic rings. The van der Waals surface area contributed by atoms with E-state index in [1.54, 1.807) is 18.1 Å². The number of nitrogens with one attached hydrogen (secondary N) is 2. The van der Waals surface area contributed by atoms with Crippen LogP contribution in [0.2, 0.25) is 0 Å². The van der Waals surface area contributed by atoms with Crippen molar-refractivity contribution in [2.75, 3.05) is 17.4 Å². The number of aromatic nitrogens is 1. The first-order valence-electron chi connectivity index (χ1n) is 6.29. The Morgan fingerprint density at radius 1 is 1.48 bits per heavy atom. The van der Waals surface area contributed by atoms with E-state index in [0.29, 0.717) is 11.4 Å². The van der Waals surface area contributed by atoms with Gasteiger partial charge in [0.15, 0.2) is 0 Å². The molecule has 2 heterocycles. The van der Waals surface area contributed by atoms with Crippen molar-refractivity contribution in [3.8, 4) is 0 Å². The Morgan fingerprint density at radius 3 is 3.05 bits per heavy atom. The number of carbonyl (C=O) groups is 1. The lowest BCUT2D eigenvalue weighted by molar-refractivity contribution is 0.0697. The molecule has 0 amide bonds. The van der Waals surface area contributed by atoms with Crippen molar-refractivity contribution in [2.45, 2.75) is 6.17 Å². The van der Waals surface area contributed by atoms with Gasteiger partial charge in [-0.1, -0.05) is 6.07 Å². The molecule has 0 saturated heterocycles. The fraction of sp³-hybridized carbons (Fsp3) is 0.143. The molecule has 0 radical (unpaired) electrons. The Kier molecular flexibility index (Phi) is 3.19. The van der Waals surface area contributed by atoms with Crippen LogP contribution in [0.5, 0.6) is 0 Å². The second-order valence-corrected chi connectivity index (χ2v) is 4.70. The highest BCUT2D eigenvalue weighted by Gasteiger charge is 2.27. The van der Waals surface area contributed by atoms with E-state index in [1.165, 1.54) is 30.6 Å². The maximum atomic E-state index is 13.3. The third-order valence-corrected chi connectivity index (χ3v) is 3.34. The SMILES string of the molecule is CN1NC(Nc2cnccc2C(=O)O)c2ccc(F)cc21. The molecule has 0 spiro atoms. The Hall–Kier alpha value is -2.67. The molecule has 1 aromatic heterocycles. The fourth-order valence-electron chi connectivity index (χ4n) is 2.35. The Labute approximate surface area is 120 Å². The number of aromatic carboxylic acids is 1. The van der Waals surface area contributed by atoms with Crippen molar-refractivity contribution < 1.29 is 14.3 Å². The molecular formula is C14H13FN4O2. The number of halogens is 1. The average molecular weight is 288 g/mol. The highest BCUT2D eigenvalue weighted by Crippen LogP contribution is 2.33. The number of carboxylic acid groups (broad SMARTS) is 1. The van der Waals surface area contributed by atoms with Gasteiger partial charge in [0.1, 0.15) is 12.0 Å². The van der Waals surface area contributed by atoms with Gasteiger partial charge in [0.25, 0.3) is 0 Å². The van der Waals surface area contributed by atoms with Crippen molar-refractivity contribution in [3.63, 3.8) is 0 Å². The Morgan fingerprint density at radius 2 is 2.29 bits per heavy atom. The first-order valence-corrected chi connectivity index (χ1v) is 6.29. The Bertz CT molecular complexity index is 707. The van der Waals surface area contributed by atoms with Gasteiger partial charge in [-0.25, -0.2) is 14.6 Å². The zero-order valence-electron chi connectivity index (χ0n) is 11.2. The van der Waals surface area contributed by atoms with E-state index in [4.69, 9.17) is 0 Å². The van der Waals surface area contributed by atoms with Gasteiger partial charge in [-0.2, -0.15) is 0 Å². The Balaban J connectivity index is 1.93. The summed E-state index contributed by atoms with van der Waals surface area (Å²) in [5.41, 5.74) is 5.16. The van der Waals surface area contributed by atoms with Gasteiger partial charge in [0.05, 0.1) is 23.1 Å². The lowest BCUT2D eigenvalue weighted by atomic mass is 10.1. The van der Waals surface area contributed by atoms with Crippen LogP contribution in [-0.4, -0.2) is 23.1 Å². The van der Waals surface area contributed by atoms with Crippen LogP contribution >= 0.6 is 0 Å². The van der Waals surface area contributed by atoms with Crippen LogP contribution in [0.3, 0.4) is 0 Å². The molecule has 1 aromatic carbocycles. The van der Waals surface area contributed by atoms with E-state index in [-0.39, 0.29) is 17.5 Å². The van der Waals surface area contributed by atoms with Gasteiger partial charge < -0.3 is 15.4 Å². The molecule has 0 saturated carbocycles. The third kappa shape index (κ3) is 2.38. The van der Waals surface area contributed by atoms with Crippen molar-refractivity contribution >= 4 is 17.3 Å². The van der Waals surface area contributed by atoms with Crippen LogP contribution in [-0.2, 0) is 0 Å². The zero-order valence-corrected chi connectivity index (χ0v) is 11.2. The lowest BCUT2D eigenvalue weighted by Gasteiger charge is -2.18. The molecule has 21 heavy (non-hydrogen) atoms. The summed E-state index contributed by atoms with van der Waals surface area (Å²) >= 11 is 0. The number of hydrogen-bond donors (Lipinski definition) is 3. The minimum Gasteiger partial charge on any atom is -0.478 e. The molecule has 1 aliphatic rings. The van der Waals surface area contributed by atoms with Crippen LogP contribution in [0.1, 0.15) is 22.1 Å². The standard InChI is InChI=1S/C14H13FN4O2/c1-19-12-6-8(15)2-3-10(12)13(18-19)17-11-7-16-5-4-9(11)14(20)21/h2-7,13,17-18H,1H3,(H,20,21). The largest absolute Gasteiger partial charge is 0.478 e. The van der Waals surface area contributed by atoms with Crippen molar-refractivity contribution in [1.82, 2.24) is 10.4 Å². The van der Waals surface area contributed by atoms with E-state index < -0.39 is 5.97 Å². The maximum Gasteiger partial charge on any atom is 0.337 e. The summed E-state index contributed by atoms with van der Waals surface area (Å²) in [6.45, 7) is 0. The van der Waals surface area contributed by atoms with E-state index >= 15 is 0 Å². The number of rotatable bonds is 3. The number of anilines is 2. The van der Waals surface area contributed by atoms with Gasteiger partial charge in [0.2, 0.25) is 0 Å². The molecule has 7 heteroatoms. The maximum absolute atomic E-state index is 13.3. The summed E-state index contributed by atoms with van der Waals surface area (Å²) in [4.78, 5) is 15.1. The predicted octanol–water partition coefficient (Wildman–Crippen LogP) is 1.98. The molecule has 1 unspecified atom stereocenters. The monoisotopic (exact) mass is 288 g/mol. The smallest absolute Gasteiger partial charge is 0.337 e. The van der Waals surface area contributed by atoms with E-state index in [0.717, 1.165) is 5.56 Å². The second-order valence-electron chi connectivity index (χ2n) is 4.70. The summed E-state index contributed by atoms with van der Waals surface area (Å²) in [5.74, 6) is -1.36. The van der Waals surface area contributed by atoms with Crippen molar-refractivity contribution in [2.24, 2.45) is 0 Å². The van der Waals surface area contributed by atoms with Gasteiger partial charge in [0, 0.05) is 18.8 Å². The number of benzene rings is 1. The third-order valence-electron chi connectivity index (χ3n) is 3.34. The second kappa shape index (κ2) is 5.02. The predicted molar refractivity (Wildman–Crippen MR) is 75.5 cm³/mol. The number of carboxylic acids is 1. The van der Waals surface area contributed by atoms with E-state index in [2.05, 4.69) is 15.7 Å². The van der Waals surface area contributed by atoms with Gasteiger partial charge in [-0.05, 0) is 18.2 Å². The van der Waals surface area contributed by atoms with Crippen LogP contribution in [0.25, 0.3) is 0 Å². The van der Waals surface area contributed by atoms with E-state index in [1.807, 2.05) is 0 Å². The summed E-state index contributed by atoms with van der Waals surface area (Å²) < 4.78 is 13.3. The van der Waals surface area contributed by atoms with Gasteiger partial charge in [-0.15, -0.1) is 0 Å². The highest BCUT2D eigenvalue weighted by molar-refractivity contribution is 5.94. The lowest BCUT2D eigenvalue weighted by Crippen LogP contribution is -2.34. The number of hydrazine groups is 1. The molecule has 0 fully saturated rings. The molecule has 1 atom stereocenters. The highest BCUT2D eigenvalue weighted by atomic mass is 19.1. The summed E-state index contributed by atoms with van der Waals surface area (Å²) in [6, 6.07) is 5.88. The van der Waals surface area contributed by atoms with E-state index in [9.17, 15) is 14.3 Å². The fourth-order valence-corrected chi connectivity index (χ4v) is 2.35. The molecule has 0 aliphatic carbocycles.